The van der Waals surface area contributed by atoms with E-state index in [1.807, 2.05) is 12.1 Å². The Kier molecular flexibility index (Phi) is 8.02. The Morgan fingerprint density at radius 2 is 2.04 bits per heavy atom. The number of nitrogens with one attached hydrogen (secondary N) is 2. The minimum Gasteiger partial charge on any atom is -0.396 e. The number of hydrogen-bond acceptors (Lipinski definition) is 4. The van der Waals surface area contributed by atoms with Crippen LogP contribution >= 0.6 is 0 Å². The molecule has 5 heteroatoms. The van der Waals surface area contributed by atoms with Crippen molar-refractivity contribution >= 4 is 17.4 Å². The molecule has 0 radical (unpaired) electrons. The van der Waals surface area contributed by atoms with E-state index in [2.05, 4.69) is 22.5 Å². The molecule has 0 spiro atoms. The Balaban J connectivity index is 1.74. The third-order valence-corrected chi connectivity index (χ3v) is 4.86. The van der Waals surface area contributed by atoms with Gasteiger partial charge in [-0.25, -0.2) is 4.98 Å². The molecule has 1 aromatic heterocycles. The lowest BCUT2D eigenvalue weighted by molar-refractivity contribution is -0.121. The molecule has 134 valence electrons. The van der Waals surface area contributed by atoms with Gasteiger partial charge in [-0.05, 0) is 50.2 Å². The number of carbonyl (C=O) groups excluding carboxylic acids is 1. The van der Waals surface area contributed by atoms with Crippen molar-refractivity contribution in [1.29, 1.82) is 0 Å². The Hall–Kier alpha value is -1.62. The Labute approximate surface area is 145 Å². The quantitative estimate of drug-likeness (QED) is 0.601. The van der Waals surface area contributed by atoms with Crippen LogP contribution in [0.4, 0.5) is 11.5 Å². The number of hydrogen-bond donors (Lipinski definition) is 3. The van der Waals surface area contributed by atoms with E-state index in [0.717, 1.165) is 30.3 Å². The summed E-state index contributed by atoms with van der Waals surface area (Å²) in [7, 11) is 0. The van der Waals surface area contributed by atoms with Gasteiger partial charge < -0.3 is 15.7 Å². The molecule has 1 aliphatic carbocycles. The fourth-order valence-corrected chi connectivity index (χ4v) is 3.32. The lowest BCUT2D eigenvalue weighted by atomic mass is 9.79. The molecular weight excluding hydrogens is 302 g/mol. The number of aliphatic hydroxyl groups is 1. The van der Waals surface area contributed by atoms with Crippen molar-refractivity contribution in [2.45, 2.75) is 58.3 Å². The van der Waals surface area contributed by atoms with Gasteiger partial charge in [-0.2, -0.15) is 0 Å². The van der Waals surface area contributed by atoms with Gasteiger partial charge in [0.1, 0.15) is 5.82 Å². The number of nitrogens with zero attached hydrogens (tertiary/aromatic N) is 1. The first-order valence-corrected chi connectivity index (χ1v) is 9.34. The molecule has 1 heterocycles. The molecule has 0 aromatic carbocycles. The van der Waals surface area contributed by atoms with Gasteiger partial charge in [0, 0.05) is 19.1 Å². The highest BCUT2D eigenvalue weighted by molar-refractivity contribution is 5.92. The second-order valence-corrected chi connectivity index (χ2v) is 6.79. The van der Waals surface area contributed by atoms with Crippen LogP contribution in [0.2, 0.25) is 0 Å². The van der Waals surface area contributed by atoms with E-state index in [1.165, 1.54) is 32.1 Å². The van der Waals surface area contributed by atoms with Crippen LogP contribution in [0.15, 0.2) is 18.3 Å². The number of aromatic nitrogens is 1. The molecule has 1 fully saturated rings. The Morgan fingerprint density at radius 3 is 2.67 bits per heavy atom. The molecule has 0 atom stereocenters. The molecule has 0 bridgehead atoms. The maximum atomic E-state index is 12.4. The van der Waals surface area contributed by atoms with Gasteiger partial charge in [0.15, 0.2) is 0 Å². The average Bonchev–Trinajstić information content (AvgIpc) is 2.62. The summed E-state index contributed by atoms with van der Waals surface area (Å²) in [4.78, 5) is 16.7. The third kappa shape index (κ3) is 6.11. The molecule has 1 aliphatic rings. The van der Waals surface area contributed by atoms with Gasteiger partial charge in [0.25, 0.3) is 0 Å². The lowest BCUT2D eigenvalue weighted by Crippen LogP contribution is -2.27. The SMILES string of the molecule is CCCCC1CCC(C(=O)Nc2ccc(NCCCO)nc2)CC1. The van der Waals surface area contributed by atoms with Crippen molar-refractivity contribution in [3.63, 3.8) is 0 Å². The van der Waals surface area contributed by atoms with E-state index >= 15 is 0 Å². The summed E-state index contributed by atoms with van der Waals surface area (Å²) in [6.45, 7) is 3.10. The molecule has 0 saturated heterocycles. The van der Waals surface area contributed by atoms with Crippen molar-refractivity contribution in [1.82, 2.24) is 4.98 Å². The lowest BCUT2D eigenvalue weighted by Gasteiger charge is -2.27. The summed E-state index contributed by atoms with van der Waals surface area (Å²) in [5.74, 6) is 1.86. The molecule has 1 saturated carbocycles. The average molecular weight is 333 g/mol. The Morgan fingerprint density at radius 1 is 1.25 bits per heavy atom. The van der Waals surface area contributed by atoms with Crippen LogP contribution in [-0.2, 0) is 4.79 Å². The second kappa shape index (κ2) is 10.3. The number of unbranched alkanes of at least 4 members (excludes halogenated alkanes) is 1. The molecular formula is C19H31N3O2. The predicted molar refractivity (Wildman–Crippen MR) is 98.0 cm³/mol. The smallest absolute Gasteiger partial charge is 0.227 e. The largest absolute Gasteiger partial charge is 0.396 e. The highest BCUT2D eigenvalue weighted by Crippen LogP contribution is 2.32. The normalized spacial score (nSPS) is 20.6. The van der Waals surface area contributed by atoms with E-state index in [1.54, 1.807) is 6.20 Å². The van der Waals surface area contributed by atoms with Gasteiger partial charge >= 0.3 is 0 Å². The molecule has 0 aliphatic heterocycles. The zero-order valence-electron chi connectivity index (χ0n) is 14.8. The summed E-state index contributed by atoms with van der Waals surface area (Å²) in [6, 6.07) is 3.73. The first-order chi connectivity index (χ1) is 11.7. The van der Waals surface area contributed by atoms with Gasteiger partial charge in [0.2, 0.25) is 5.91 Å². The predicted octanol–water partition coefficient (Wildman–Crippen LogP) is 3.81. The molecule has 24 heavy (non-hydrogen) atoms. The van der Waals surface area contributed by atoms with Gasteiger partial charge in [-0.15, -0.1) is 0 Å². The fourth-order valence-electron chi connectivity index (χ4n) is 3.32. The maximum absolute atomic E-state index is 12.4. The first-order valence-electron chi connectivity index (χ1n) is 9.34. The topological polar surface area (TPSA) is 74.2 Å². The minimum absolute atomic E-state index is 0.131. The minimum atomic E-state index is 0.131. The van der Waals surface area contributed by atoms with Crippen LogP contribution in [0.3, 0.4) is 0 Å². The monoisotopic (exact) mass is 333 g/mol. The summed E-state index contributed by atoms with van der Waals surface area (Å²) in [6.07, 6.45) is 10.7. The maximum Gasteiger partial charge on any atom is 0.227 e. The molecule has 2 rings (SSSR count). The van der Waals surface area contributed by atoms with Crippen LogP contribution in [0, 0.1) is 11.8 Å². The Bertz CT molecular complexity index is 482. The number of amides is 1. The van der Waals surface area contributed by atoms with Crippen LogP contribution < -0.4 is 10.6 Å². The molecule has 0 unspecified atom stereocenters. The van der Waals surface area contributed by atoms with Gasteiger partial charge in [-0.1, -0.05) is 26.2 Å². The van der Waals surface area contributed by atoms with Crippen molar-refractivity contribution in [3.05, 3.63) is 18.3 Å². The molecule has 3 N–H and O–H groups in total. The molecule has 1 aromatic rings. The number of carbonyl (C=O) groups is 1. The molecule has 1 amide bonds. The molecule has 5 nitrogen and oxygen atoms in total. The van der Waals surface area contributed by atoms with E-state index in [9.17, 15) is 4.79 Å². The summed E-state index contributed by atoms with van der Waals surface area (Å²) in [5, 5.41) is 14.9. The zero-order valence-corrected chi connectivity index (χ0v) is 14.8. The second-order valence-electron chi connectivity index (χ2n) is 6.79. The number of rotatable bonds is 9. The third-order valence-electron chi connectivity index (χ3n) is 4.86. The van der Waals surface area contributed by atoms with E-state index in [-0.39, 0.29) is 18.4 Å². The standard InChI is InChI=1S/C19H31N3O2/c1-2-3-5-15-6-8-16(9-7-15)19(24)22-17-10-11-18(21-14-17)20-12-4-13-23/h10-11,14-16,23H,2-9,12-13H2,1H3,(H,20,21)(H,22,24). The van der Waals surface area contributed by atoms with E-state index in [4.69, 9.17) is 5.11 Å². The zero-order chi connectivity index (χ0) is 17.2. The first kappa shape index (κ1) is 18.7. The highest BCUT2D eigenvalue weighted by atomic mass is 16.3. The summed E-state index contributed by atoms with van der Waals surface area (Å²) < 4.78 is 0. The van der Waals surface area contributed by atoms with E-state index in [0.29, 0.717) is 13.0 Å². The van der Waals surface area contributed by atoms with Crippen LogP contribution in [0.1, 0.15) is 58.3 Å². The summed E-state index contributed by atoms with van der Waals surface area (Å²) in [5.41, 5.74) is 0.751. The van der Waals surface area contributed by atoms with Crippen molar-refractivity contribution in [3.8, 4) is 0 Å². The number of aliphatic hydroxyl groups excluding tert-OH is 1. The van der Waals surface area contributed by atoms with Crippen LogP contribution in [0.5, 0.6) is 0 Å². The van der Waals surface area contributed by atoms with Crippen LogP contribution in [-0.4, -0.2) is 29.1 Å². The van der Waals surface area contributed by atoms with Crippen molar-refractivity contribution < 1.29 is 9.90 Å². The number of pyridine rings is 1. The van der Waals surface area contributed by atoms with E-state index < -0.39 is 0 Å². The van der Waals surface area contributed by atoms with Gasteiger partial charge in [0.05, 0.1) is 11.9 Å². The van der Waals surface area contributed by atoms with Crippen molar-refractivity contribution in [2.24, 2.45) is 11.8 Å². The van der Waals surface area contributed by atoms with Gasteiger partial charge in [-0.3, -0.25) is 4.79 Å². The summed E-state index contributed by atoms with van der Waals surface area (Å²) >= 11 is 0. The van der Waals surface area contributed by atoms with Crippen LogP contribution in [0.25, 0.3) is 0 Å². The van der Waals surface area contributed by atoms with Crippen molar-refractivity contribution in [2.75, 3.05) is 23.8 Å². The fraction of sp³-hybridized carbons (Fsp3) is 0.684. The number of anilines is 2. The highest BCUT2D eigenvalue weighted by Gasteiger charge is 2.25.